The first kappa shape index (κ1) is 16.1. The molecule has 0 amide bonds. The van der Waals surface area contributed by atoms with Crippen molar-refractivity contribution in [2.75, 3.05) is 0 Å². The van der Waals surface area contributed by atoms with Crippen LogP contribution in [0.1, 0.15) is 19.8 Å². The lowest BCUT2D eigenvalue weighted by atomic mass is 9.80. The molecule has 0 saturated carbocycles. The zero-order chi connectivity index (χ0) is 16.1. The van der Waals surface area contributed by atoms with E-state index in [-0.39, 0.29) is 6.42 Å². The van der Waals surface area contributed by atoms with Gasteiger partial charge in [-0.15, -0.1) is 0 Å². The van der Waals surface area contributed by atoms with Crippen molar-refractivity contribution in [2.24, 2.45) is 5.92 Å². The van der Waals surface area contributed by atoms with E-state index < -0.39 is 48.5 Å². The average Bonchev–Trinajstić information content (AvgIpc) is 2.81. The van der Waals surface area contributed by atoms with Gasteiger partial charge in [-0.3, -0.25) is 4.79 Å². The van der Waals surface area contributed by atoms with Crippen molar-refractivity contribution < 1.29 is 40.6 Å². The summed E-state index contributed by atoms with van der Waals surface area (Å²) in [5.74, 6) is -4.35. The van der Waals surface area contributed by atoms with Gasteiger partial charge in [0.2, 0.25) is 0 Å². The van der Waals surface area contributed by atoms with E-state index in [4.69, 9.17) is 9.47 Å². The molecule has 0 spiro atoms. The second-order valence-corrected chi connectivity index (χ2v) is 5.00. The minimum atomic E-state index is -5.51. The van der Waals surface area contributed by atoms with Gasteiger partial charge in [-0.05, 0) is 0 Å². The predicted molar refractivity (Wildman–Crippen MR) is 57.1 cm³/mol. The van der Waals surface area contributed by atoms with Gasteiger partial charge in [0, 0.05) is 12.8 Å². The van der Waals surface area contributed by atoms with Crippen molar-refractivity contribution in [1.82, 2.24) is 0 Å². The molecule has 0 N–H and O–H groups in total. The summed E-state index contributed by atoms with van der Waals surface area (Å²) in [5.41, 5.74) is -2.56. The molecule has 0 aliphatic carbocycles. The highest BCUT2D eigenvalue weighted by molar-refractivity contribution is 5.69. The standard InChI is InChI=1S/C12H12F6O3/c1-2-8(19)20-7-5-10(4-3-6(7)21-10)9(11(13,14)15)12(16,17)18/h3-4,6-7,9H,2,5H2,1H3. The normalized spacial score (nSPS) is 32.0. The van der Waals surface area contributed by atoms with Gasteiger partial charge in [-0.25, -0.2) is 0 Å². The number of fused-ring (bicyclic) bond motifs is 2. The average molecular weight is 318 g/mol. The largest absolute Gasteiger partial charge is 0.459 e. The number of halogens is 6. The van der Waals surface area contributed by atoms with Crippen molar-refractivity contribution in [1.29, 1.82) is 0 Å². The number of esters is 1. The maximum atomic E-state index is 12.8. The Morgan fingerprint density at radius 1 is 1.33 bits per heavy atom. The fraction of sp³-hybridized carbons (Fsp3) is 0.750. The second kappa shape index (κ2) is 4.89. The molecule has 3 nitrogen and oxygen atoms in total. The second-order valence-electron chi connectivity index (χ2n) is 5.00. The molecule has 2 bridgehead atoms. The van der Waals surface area contributed by atoms with E-state index in [1.165, 1.54) is 6.92 Å². The molecule has 0 aromatic rings. The number of hydrogen-bond acceptors (Lipinski definition) is 3. The molecule has 1 fully saturated rings. The zero-order valence-corrected chi connectivity index (χ0v) is 10.8. The summed E-state index contributed by atoms with van der Waals surface area (Å²) < 4.78 is 86.7. The third-order valence-corrected chi connectivity index (χ3v) is 3.52. The predicted octanol–water partition coefficient (Wildman–Crippen LogP) is 3.15. The lowest BCUT2D eigenvalue weighted by Crippen LogP contribution is -2.52. The Kier molecular flexibility index (Phi) is 3.76. The molecule has 0 radical (unpaired) electrons. The van der Waals surface area contributed by atoms with Crippen molar-refractivity contribution in [3.8, 4) is 0 Å². The summed E-state index contributed by atoms with van der Waals surface area (Å²) in [6.45, 7) is 1.47. The first-order valence-electron chi connectivity index (χ1n) is 6.19. The van der Waals surface area contributed by atoms with E-state index in [0.717, 1.165) is 12.2 Å². The molecule has 2 heterocycles. The van der Waals surface area contributed by atoms with Crippen LogP contribution in [0.2, 0.25) is 0 Å². The summed E-state index contributed by atoms with van der Waals surface area (Å²) >= 11 is 0. The van der Waals surface area contributed by atoms with E-state index in [1.807, 2.05) is 0 Å². The van der Waals surface area contributed by atoms with Crippen LogP contribution in [0.3, 0.4) is 0 Å². The maximum absolute atomic E-state index is 12.8. The van der Waals surface area contributed by atoms with Gasteiger partial charge in [0.1, 0.15) is 17.8 Å². The van der Waals surface area contributed by atoms with Crippen LogP contribution < -0.4 is 0 Å². The van der Waals surface area contributed by atoms with Gasteiger partial charge in [0.25, 0.3) is 0 Å². The summed E-state index contributed by atoms with van der Waals surface area (Å²) in [6, 6.07) is 0. The van der Waals surface area contributed by atoms with Crippen LogP contribution in [-0.4, -0.2) is 36.1 Å². The molecule has 3 atom stereocenters. The third-order valence-electron chi connectivity index (χ3n) is 3.52. The Balaban J connectivity index is 2.27. The van der Waals surface area contributed by atoms with Gasteiger partial charge >= 0.3 is 18.3 Å². The lowest BCUT2D eigenvalue weighted by molar-refractivity contribution is -0.320. The van der Waals surface area contributed by atoms with Crippen LogP contribution in [0.25, 0.3) is 0 Å². The molecule has 0 aromatic heterocycles. The number of carbonyl (C=O) groups excluding carboxylic acids is 1. The number of hydrogen-bond donors (Lipinski definition) is 0. The Labute approximate surface area is 115 Å². The van der Waals surface area contributed by atoms with Crippen LogP contribution in [-0.2, 0) is 14.3 Å². The fourth-order valence-electron chi connectivity index (χ4n) is 2.72. The molecule has 21 heavy (non-hydrogen) atoms. The van der Waals surface area contributed by atoms with Gasteiger partial charge in [-0.2, -0.15) is 26.3 Å². The van der Waals surface area contributed by atoms with Crippen molar-refractivity contribution in [2.45, 2.75) is 49.9 Å². The molecule has 3 unspecified atom stereocenters. The zero-order valence-electron chi connectivity index (χ0n) is 10.8. The SMILES string of the molecule is CCC(=O)OC1CC2(C(C(F)(F)F)C(F)(F)F)C=CC1O2. The van der Waals surface area contributed by atoms with Crippen LogP contribution in [0.4, 0.5) is 26.3 Å². The third kappa shape index (κ3) is 2.88. The maximum Gasteiger partial charge on any atom is 0.403 e. The van der Waals surface area contributed by atoms with Crippen LogP contribution in [0.15, 0.2) is 12.2 Å². The summed E-state index contributed by atoms with van der Waals surface area (Å²) in [4.78, 5) is 11.2. The summed E-state index contributed by atoms with van der Waals surface area (Å²) in [5, 5.41) is 0. The smallest absolute Gasteiger partial charge is 0.403 e. The van der Waals surface area contributed by atoms with Gasteiger partial charge in [0.15, 0.2) is 5.92 Å². The van der Waals surface area contributed by atoms with E-state index in [1.54, 1.807) is 0 Å². The van der Waals surface area contributed by atoms with Gasteiger partial charge < -0.3 is 9.47 Å². The molecule has 2 aliphatic heterocycles. The summed E-state index contributed by atoms with van der Waals surface area (Å²) in [6.07, 6.45) is -12.1. The Hall–Kier alpha value is -1.25. The molecular weight excluding hydrogens is 306 g/mol. The molecule has 9 heteroatoms. The molecule has 2 rings (SSSR count). The minimum absolute atomic E-state index is 0.0259. The number of alkyl halides is 6. The Bertz CT molecular complexity index is 441. The quantitative estimate of drug-likeness (QED) is 0.456. The highest BCUT2D eigenvalue weighted by Gasteiger charge is 2.70. The molecular formula is C12H12F6O3. The molecule has 120 valence electrons. The molecule has 1 saturated heterocycles. The summed E-state index contributed by atoms with van der Waals surface area (Å²) in [7, 11) is 0. The number of ether oxygens (including phenoxy) is 2. The minimum Gasteiger partial charge on any atom is -0.459 e. The van der Waals surface area contributed by atoms with Crippen LogP contribution in [0, 0.1) is 5.92 Å². The molecule has 0 aromatic carbocycles. The van der Waals surface area contributed by atoms with E-state index in [2.05, 4.69) is 0 Å². The van der Waals surface area contributed by atoms with E-state index in [0.29, 0.717) is 0 Å². The van der Waals surface area contributed by atoms with E-state index in [9.17, 15) is 31.1 Å². The first-order valence-corrected chi connectivity index (χ1v) is 6.19. The highest BCUT2D eigenvalue weighted by atomic mass is 19.4. The Morgan fingerprint density at radius 2 is 1.90 bits per heavy atom. The number of carbonyl (C=O) groups is 1. The topological polar surface area (TPSA) is 35.5 Å². The molecule has 2 aliphatic rings. The van der Waals surface area contributed by atoms with Crippen molar-refractivity contribution in [3.63, 3.8) is 0 Å². The lowest BCUT2D eigenvalue weighted by Gasteiger charge is -2.35. The Morgan fingerprint density at radius 3 is 2.38 bits per heavy atom. The fourth-order valence-corrected chi connectivity index (χ4v) is 2.72. The number of rotatable bonds is 3. The van der Waals surface area contributed by atoms with Crippen LogP contribution in [0.5, 0.6) is 0 Å². The van der Waals surface area contributed by atoms with Crippen molar-refractivity contribution in [3.05, 3.63) is 12.2 Å². The first-order chi connectivity index (χ1) is 9.49. The van der Waals surface area contributed by atoms with Crippen molar-refractivity contribution >= 4 is 5.97 Å². The van der Waals surface area contributed by atoms with Gasteiger partial charge in [0.05, 0.1) is 0 Å². The van der Waals surface area contributed by atoms with Crippen LogP contribution >= 0.6 is 0 Å². The highest BCUT2D eigenvalue weighted by Crippen LogP contribution is 2.55. The van der Waals surface area contributed by atoms with E-state index >= 15 is 0 Å². The van der Waals surface area contributed by atoms with Gasteiger partial charge in [-0.1, -0.05) is 19.1 Å². The monoisotopic (exact) mass is 318 g/mol.